The second-order valence-corrected chi connectivity index (χ2v) is 9.20. The molecule has 0 unspecified atom stereocenters. The normalized spacial score (nSPS) is 11.5. The van der Waals surface area contributed by atoms with E-state index in [1.807, 2.05) is 6.92 Å². The van der Waals surface area contributed by atoms with Crippen molar-refractivity contribution in [1.82, 2.24) is 14.6 Å². The molecule has 1 N–H and O–H groups in total. The molecule has 3 aromatic heterocycles. The molecule has 0 saturated heterocycles. The first-order chi connectivity index (χ1) is 15.3. The fraction of sp³-hybridized carbons (Fsp3) is 0.143. The van der Waals surface area contributed by atoms with Crippen molar-refractivity contribution < 1.29 is 26.5 Å². The zero-order valence-corrected chi connectivity index (χ0v) is 18.1. The smallest absolute Gasteiger partial charge is 0.304 e. The molecule has 0 bridgehead atoms. The topological polar surface area (TPSA) is 93.8 Å². The highest BCUT2D eigenvalue weighted by Crippen LogP contribution is 2.28. The minimum absolute atomic E-state index is 0.138. The summed E-state index contributed by atoms with van der Waals surface area (Å²) in [7, 11) is -4.32. The van der Waals surface area contributed by atoms with Gasteiger partial charge in [0.2, 0.25) is 0 Å². The van der Waals surface area contributed by atoms with Crippen molar-refractivity contribution in [3.05, 3.63) is 64.8 Å². The molecule has 0 fully saturated rings. The standard InChI is InChI=1S/C21H15F2N3O4S2/c1-2-30-15-5-3-4-13(10-15)17-11-18(20(22)23)26-21(25-17)14(12-24-26)6-7-16-8-9-19(31-16)32(27,28)29/h3-5,8-12,20H,2H2,1H3,(H,27,28,29). The molecule has 0 amide bonds. The van der Waals surface area contributed by atoms with Crippen LogP contribution < -0.4 is 4.74 Å². The molecule has 164 valence electrons. The fourth-order valence-electron chi connectivity index (χ4n) is 2.94. The van der Waals surface area contributed by atoms with E-state index >= 15 is 0 Å². The first-order valence-electron chi connectivity index (χ1n) is 9.25. The van der Waals surface area contributed by atoms with E-state index in [2.05, 4.69) is 21.9 Å². The third-order valence-electron chi connectivity index (χ3n) is 4.32. The van der Waals surface area contributed by atoms with Crippen molar-refractivity contribution in [1.29, 1.82) is 0 Å². The lowest BCUT2D eigenvalue weighted by Crippen LogP contribution is -2.03. The maximum atomic E-state index is 13.7. The number of hydrogen-bond acceptors (Lipinski definition) is 6. The number of halogens is 2. The molecule has 0 radical (unpaired) electrons. The van der Waals surface area contributed by atoms with E-state index in [4.69, 9.17) is 9.29 Å². The Balaban J connectivity index is 1.81. The van der Waals surface area contributed by atoms with Crippen LogP contribution in [0.2, 0.25) is 0 Å². The predicted molar refractivity (Wildman–Crippen MR) is 115 cm³/mol. The van der Waals surface area contributed by atoms with Gasteiger partial charge in [0.15, 0.2) is 5.65 Å². The average Bonchev–Trinajstić information content (AvgIpc) is 3.39. The number of aromatic nitrogens is 3. The van der Waals surface area contributed by atoms with Crippen LogP contribution in [0.5, 0.6) is 5.75 Å². The Bertz CT molecular complexity index is 1470. The summed E-state index contributed by atoms with van der Waals surface area (Å²) in [5, 5.41) is 3.99. The van der Waals surface area contributed by atoms with Gasteiger partial charge in [0.25, 0.3) is 6.43 Å². The van der Waals surface area contributed by atoms with E-state index in [1.165, 1.54) is 24.4 Å². The summed E-state index contributed by atoms with van der Waals surface area (Å²) in [6.07, 6.45) is -1.48. The van der Waals surface area contributed by atoms with Crippen molar-refractivity contribution in [3.63, 3.8) is 0 Å². The molecule has 32 heavy (non-hydrogen) atoms. The Hall–Kier alpha value is -3.33. The van der Waals surface area contributed by atoms with Gasteiger partial charge in [-0.05, 0) is 37.3 Å². The number of ether oxygens (including phenoxy) is 1. The van der Waals surface area contributed by atoms with Crippen molar-refractivity contribution in [2.45, 2.75) is 17.6 Å². The lowest BCUT2D eigenvalue weighted by molar-refractivity contribution is 0.143. The van der Waals surface area contributed by atoms with Crippen LogP contribution in [-0.2, 0) is 10.1 Å². The van der Waals surface area contributed by atoms with Crippen LogP contribution in [-0.4, -0.2) is 34.2 Å². The van der Waals surface area contributed by atoms with Gasteiger partial charge in [0, 0.05) is 5.56 Å². The van der Waals surface area contributed by atoms with Crippen molar-refractivity contribution in [2.24, 2.45) is 0 Å². The maximum absolute atomic E-state index is 13.7. The van der Waals surface area contributed by atoms with E-state index in [-0.39, 0.29) is 21.1 Å². The van der Waals surface area contributed by atoms with Crippen LogP contribution in [0.4, 0.5) is 8.78 Å². The lowest BCUT2D eigenvalue weighted by Gasteiger charge is -2.09. The Morgan fingerprint density at radius 3 is 2.72 bits per heavy atom. The second kappa shape index (κ2) is 8.66. The fourth-order valence-corrected chi connectivity index (χ4v) is 4.47. The van der Waals surface area contributed by atoms with Crippen molar-refractivity contribution >= 4 is 27.1 Å². The summed E-state index contributed by atoms with van der Waals surface area (Å²) < 4.78 is 65.3. The SMILES string of the molecule is CCOc1cccc(-c2cc(C(F)F)n3ncc(C#Cc4ccc(S(=O)(=O)O)s4)c3n2)c1. The van der Waals surface area contributed by atoms with Crippen molar-refractivity contribution in [2.75, 3.05) is 6.61 Å². The number of nitrogens with zero attached hydrogens (tertiary/aromatic N) is 3. The van der Waals surface area contributed by atoms with Crippen LogP contribution in [0.15, 0.2) is 52.9 Å². The van der Waals surface area contributed by atoms with Gasteiger partial charge < -0.3 is 4.74 Å². The lowest BCUT2D eigenvalue weighted by atomic mass is 10.1. The third-order valence-corrected chi connectivity index (χ3v) is 6.64. The molecule has 3 heterocycles. The molecule has 11 heteroatoms. The highest BCUT2D eigenvalue weighted by atomic mass is 32.3. The predicted octanol–water partition coefficient (Wildman–Crippen LogP) is 4.44. The van der Waals surface area contributed by atoms with Gasteiger partial charge in [-0.15, -0.1) is 11.3 Å². The van der Waals surface area contributed by atoms with E-state index in [1.54, 1.807) is 24.3 Å². The highest BCUT2D eigenvalue weighted by molar-refractivity contribution is 7.88. The summed E-state index contributed by atoms with van der Waals surface area (Å²) in [6, 6.07) is 10.9. The minimum atomic E-state index is -4.32. The van der Waals surface area contributed by atoms with Gasteiger partial charge in [0.1, 0.15) is 15.7 Å². The molecule has 0 saturated carbocycles. The number of thiophene rings is 1. The number of benzene rings is 1. The van der Waals surface area contributed by atoms with Gasteiger partial charge in [-0.25, -0.2) is 18.3 Å². The largest absolute Gasteiger partial charge is 0.494 e. The monoisotopic (exact) mass is 475 g/mol. The van der Waals surface area contributed by atoms with Gasteiger partial charge in [0.05, 0.1) is 28.9 Å². The number of hydrogen-bond donors (Lipinski definition) is 1. The third kappa shape index (κ3) is 4.47. The van der Waals surface area contributed by atoms with E-state index < -0.39 is 16.5 Å². The van der Waals surface area contributed by atoms with Gasteiger partial charge >= 0.3 is 10.1 Å². The Labute approximate surface area is 186 Å². The van der Waals surface area contributed by atoms with Crippen LogP contribution in [0.1, 0.15) is 29.5 Å². The first-order valence-corrected chi connectivity index (χ1v) is 11.5. The molecule has 1 aromatic carbocycles. The molecule has 4 rings (SSSR count). The zero-order chi connectivity index (χ0) is 22.9. The van der Waals surface area contributed by atoms with E-state index in [9.17, 15) is 17.2 Å². The molecule has 0 atom stereocenters. The number of fused-ring (bicyclic) bond motifs is 1. The summed E-state index contributed by atoms with van der Waals surface area (Å²) in [5.74, 6) is 6.14. The molecule has 0 aliphatic heterocycles. The molecule has 7 nitrogen and oxygen atoms in total. The Morgan fingerprint density at radius 2 is 2.03 bits per heavy atom. The molecule has 0 spiro atoms. The zero-order valence-electron chi connectivity index (χ0n) is 16.5. The molecular formula is C21H15F2N3O4S2. The van der Waals surface area contributed by atoms with Crippen LogP contribution in [0.3, 0.4) is 0 Å². The van der Waals surface area contributed by atoms with Crippen LogP contribution in [0.25, 0.3) is 16.9 Å². The number of rotatable bonds is 5. The number of alkyl halides is 2. The second-order valence-electron chi connectivity index (χ2n) is 6.47. The Kier molecular flexibility index (Phi) is 5.92. The van der Waals surface area contributed by atoms with E-state index in [0.29, 0.717) is 28.5 Å². The molecule has 0 aliphatic rings. The quantitative estimate of drug-likeness (QED) is 0.339. The van der Waals surface area contributed by atoms with Crippen LogP contribution in [0, 0.1) is 11.8 Å². The van der Waals surface area contributed by atoms with Crippen LogP contribution >= 0.6 is 11.3 Å². The summed E-state index contributed by atoms with van der Waals surface area (Å²) in [4.78, 5) is 4.85. The van der Waals surface area contributed by atoms with Gasteiger partial charge in [-0.2, -0.15) is 13.5 Å². The molecular weight excluding hydrogens is 460 g/mol. The summed E-state index contributed by atoms with van der Waals surface area (Å²) in [6.45, 7) is 2.30. The minimum Gasteiger partial charge on any atom is -0.494 e. The highest BCUT2D eigenvalue weighted by Gasteiger charge is 2.18. The maximum Gasteiger partial charge on any atom is 0.304 e. The molecule has 4 aromatic rings. The molecule has 0 aliphatic carbocycles. The van der Waals surface area contributed by atoms with Gasteiger partial charge in [-0.1, -0.05) is 24.0 Å². The summed E-state index contributed by atoms with van der Waals surface area (Å²) in [5.41, 5.74) is 0.985. The first kappa shape index (κ1) is 21.9. The van der Waals surface area contributed by atoms with Crippen molar-refractivity contribution in [3.8, 4) is 28.8 Å². The average molecular weight is 475 g/mol. The van der Waals surface area contributed by atoms with Gasteiger partial charge in [-0.3, -0.25) is 4.55 Å². The Morgan fingerprint density at radius 1 is 1.22 bits per heavy atom. The summed E-state index contributed by atoms with van der Waals surface area (Å²) >= 11 is 0.788. The van der Waals surface area contributed by atoms with E-state index in [0.717, 1.165) is 15.9 Å².